The van der Waals surface area contributed by atoms with E-state index in [0.717, 1.165) is 0 Å². The molecule has 1 amide bonds. The highest BCUT2D eigenvalue weighted by Crippen LogP contribution is 2.09. The number of anilines is 2. The van der Waals surface area contributed by atoms with E-state index in [1.807, 2.05) is 6.92 Å². The summed E-state index contributed by atoms with van der Waals surface area (Å²) in [6, 6.07) is 0. The van der Waals surface area contributed by atoms with E-state index in [-0.39, 0.29) is 5.91 Å². The standard InChI is InChI=1S/C12H18N8O/c1-2-15-10-17-11(16-5-3-4-9(13)21)19-12(18-10)20-7-6-14-8-20/h6-8H,2-5H2,1H3,(H2,13,21)(H2,15,16,17,18,19). The molecule has 0 aliphatic heterocycles. The predicted octanol–water partition coefficient (Wildman–Crippen LogP) is 0.167. The zero-order chi connectivity index (χ0) is 15.1. The minimum absolute atomic E-state index is 0.320. The van der Waals surface area contributed by atoms with Crippen LogP contribution < -0.4 is 16.4 Å². The molecule has 0 aliphatic rings. The van der Waals surface area contributed by atoms with E-state index in [4.69, 9.17) is 5.73 Å². The lowest BCUT2D eigenvalue weighted by molar-refractivity contribution is -0.118. The van der Waals surface area contributed by atoms with Crippen LogP contribution in [-0.4, -0.2) is 43.5 Å². The molecule has 0 aliphatic carbocycles. The Labute approximate surface area is 122 Å². The zero-order valence-corrected chi connectivity index (χ0v) is 11.8. The second-order valence-electron chi connectivity index (χ2n) is 4.28. The molecule has 0 atom stereocenters. The molecule has 0 aromatic carbocycles. The topological polar surface area (TPSA) is 124 Å². The number of primary amides is 1. The second-order valence-corrected chi connectivity index (χ2v) is 4.28. The first-order chi connectivity index (χ1) is 10.2. The highest BCUT2D eigenvalue weighted by atomic mass is 16.1. The van der Waals surface area contributed by atoms with Gasteiger partial charge in [-0.2, -0.15) is 15.0 Å². The predicted molar refractivity (Wildman–Crippen MR) is 78.0 cm³/mol. The highest BCUT2D eigenvalue weighted by molar-refractivity contribution is 5.73. The van der Waals surface area contributed by atoms with Crippen molar-refractivity contribution in [1.82, 2.24) is 24.5 Å². The number of hydrogen-bond acceptors (Lipinski definition) is 7. The number of rotatable bonds is 8. The van der Waals surface area contributed by atoms with Crippen molar-refractivity contribution in [3.63, 3.8) is 0 Å². The fourth-order valence-corrected chi connectivity index (χ4v) is 1.64. The average Bonchev–Trinajstić information content (AvgIpc) is 2.98. The lowest BCUT2D eigenvalue weighted by atomic mass is 10.3. The van der Waals surface area contributed by atoms with Crippen LogP contribution >= 0.6 is 0 Å². The van der Waals surface area contributed by atoms with Crippen LogP contribution in [0.3, 0.4) is 0 Å². The van der Waals surface area contributed by atoms with E-state index < -0.39 is 0 Å². The number of carbonyl (C=O) groups is 1. The second kappa shape index (κ2) is 7.17. The number of hydrogen-bond donors (Lipinski definition) is 3. The molecule has 21 heavy (non-hydrogen) atoms. The monoisotopic (exact) mass is 290 g/mol. The molecular formula is C12H18N8O. The Morgan fingerprint density at radius 2 is 2.05 bits per heavy atom. The van der Waals surface area contributed by atoms with E-state index in [0.29, 0.717) is 43.8 Å². The smallest absolute Gasteiger partial charge is 0.241 e. The quantitative estimate of drug-likeness (QED) is 0.592. The number of amides is 1. The van der Waals surface area contributed by atoms with Crippen molar-refractivity contribution < 1.29 is 4.79 Å². The van der Waals surface area contributed by atoms with Gasteiger partial charge < -0.3 is 16.4 Å². The summed E-state index contributed by atoms with van der Waals surface area (Å²) in [5, 5.41) is 6.11. The SMILES string of the molecule is CCNc1nc(NCCCC(N)=O)nc(-n2ccnc2)n1. The Kier molecular flexibility index (Phi) is 5.02. The molecule has 2 rings (SSSR count). The van der Waals surface area contributed by atoms with Gasteiger partial charge in [0, 0.05) is 31.9 Å². The molecule has 0 spiro atoms. The van der Waals surface area contributed by atoms with Crippen molar-refractivity contribution in [1.29, 1.82) is 0 Å². The van der Waals surface area contributed by atoms with Gasteiger partial charge in [0.25, 0.3) is 0 Å². The summed E-state index contributed by atoms with van der Waals surface area (Å²) >= 11 is 0. The van der Waals surface area contributed by atoms with Crippen LogP contribution in [0.25, 0.3) is 5.95 Å². The summed E-state index contributed by atoms with van der Waals surface area (Å²) < 4.78 is 1.69. The van der Waals surface area contributed by atoms with E-state index in [1.54, 1.807) is 23.3 Å². The molecule has 2 aromatic rings. The van der Waals surface area contributed by atoms with E-state index in [9.17, 15) is 4.79 Å². The van der Waals surface area contributed by atoms with E-state index in [1.165, 1.54) is 0 Å². The number of aromatic nitrogens is 5. The van der Waals surface area contributed by atoms with Gasteiger partial charge in [0.2, 0.25) is 23.8 Å². The molecule has 2 aromatic heterocycles. The number of nitrogens with one attached hydrogen (secondary N) is 2. The number of nitrogens with zero attached hydrogens (tertiary/aromatic N) is 5. The first-order valence-corrected chi connectivity index (χ1v) is 6.69. The minimum atomic E-state index is -0.320. The molecule has 9 nitrogen and oxygen atoms in total. The third kappa shape index (κ3) is 4.41. The van der Waals surface area contributed by atoms with Crippen molar-refractivity contribution in [3.8, 4) is 5.95 Å². The van der Waals surface area contributed by atoms with Gasteiger partial charge in [-0.1, -0.05) is 0 Å². The molecule has 4 N–H and O–H groups in total. The fourth-order valence-electron chi connectivity index (χ4n) is 1.64. The van der Waals surface area contributed by atoms with Crippen molar-refractivity contribution in [2.75, 3.05) is 23.7 Å². The van der Waals surface area contributed by atoms with Crippen LogP contribution in [0, 0.1) is 0 Å². The summed E-state index contributed by atoms with van der Waals surface area (Å²) in [7, 11) is 0. The molecule has 2 heterocycles. The minimum Gasteiger partial charge on any atom is -0.370 e. The Balaban J connectivity index is 2.10. The molecule has 0 bridgehead atoms. The summed E-state index contributed by atoms with van der Waals surface area (Å²) in [5.41, 5.74) is 5.10. The van der Waals surface area contributed by atoms with Crippen molar-refractivity contribution in [3.05, 3.63) is 18.7 Å². The van der Waals surface area contributed by atoms with Gasteiger partial charge in [-0.3, -0.25) is 9.36 Å². The molecule has 9 heteroatoms. The largest absolute Gasteiger partial charge is 0.370 e. The van der Waals surface area contributed by atoms with Crippen molar-refractivity contribution >= 4 is 17.8 Å². The third-order valence-corrected chi connectivity index (χ3v) is 2.58. The van der Waals surface area contributed by atoms with Gasteiger partial charge in [-0.15, -0.1) is 0 Å². The molecule has 0 saturated carbocycles. The zero-order valence-electron chi connectivity index (χ0n) is 11.8. The maximum atomic E-state index is 10.7. The first-order valence-electron chi connectivity index (χ1n) is 6.69. The molecule has 0 unspecified atom stereocenters. The Hall–Kier alpha value is -2.71. The van der Waals surface area contributed by atoms with E-state index in [2.05, 4.69) is 30.6 Å². The van der Waals surface area contributed by atoms with Gasteiger partial charge in [0.05, 0.1) is 0 Å². The first kappa shape index (κ1) is 14.7. The van der Waals surface area contributed by atoms with Crippen LogP contribution in [0.2, 0.25) is 0 Å². The van der Waals surface area contributed by atoms with Gasteiger partial charge in [0.15, 0.2) is 0 Å². The fraction of sp³-hybridized carbons (Fsp3) is 0.417. The lowest BCUT2D eigenvalue weighted by Gasteiger charge is -2.09. The van der Waals surface area contributed by atoms with Crippen LogP contribution in [0.5, 0.6) is 0 Å². The normalized spacial score (nSPS) is 10.3. The van der Waals surface area contributed by atoms with Crippen molar-refractivity contribution in [2.45, 2.75) is 19.8 Å². The van der Waals surface area contributed by atoms with E-state index >= 15 is 0 Å². The lowest BCUT2D eigenvalue weighted by Crippen LogP contribution is -2.15. The molecule has 0 saturated heterocycles. The van der Waals surface area contributed by atoms with Gasteiger partial charge in [-0.05, 0) is 13.3 Å². The summed E-state index contributed by atoms with van der Waals surface area (Å²) in [5.74, 6) is 1.07. The Morgan fingerprint density at radius 1 is 1.29 bits per heavy atom. The highest BCUT2D eigenvalue weighted by Gasteiger charge is 2.07. The summed E-state index contributed by atoms with van der Waals surface area (Å²) in [4.78, 5) is 27.5. The van der Waals surface area contributed by atoms with Crippen LogP contribution in [-0.2, 0) is 4.79 Å². The van der Waals surface area contributed by atoms with Crippen LogP contribution in [0.15, 0.2) is 18.7 Å². The summed E-state index contributed by atoms with van der Waals surface area (Å²) in [6.45, 7) is 3.22. The Bertz CT molecular complexity index is 583. The number of carbonyl (C=O) groups excluding carboxylic acids is 1. The van der Waals surface area contributed by atoms with Gasteiger partial charge in [-0.25, -0.2) is 4.98 Å². The number of nitrogens with two attached hydrogens (primary N) is 1. The number of imidazole rings is 1. The van der Waals surface area contributed by atoms with Crippen LogP contribution in [0.1, 0.15) is 19.8 Å². The molecule has 0 radical (unpaired) electrons. The average molecular weight is 290 g/mol. The van der Waals surface area contributed by atoms with Crippen LogP contribution in [0.4, 0.5) is 11.9 Å². The summed E-state index contributed by atoms with van der Waals surface area (Å²) in [6.07, 6.45) is 5.96. The maximum Gasteiger partial charge on any atom is 0.241 e. The van der Waals surface area contributed by atoms with Gasteiger partial charge in [0.1, 0.15) is 6.33 Å². The third-order valence-electron chi connectivity index (χ3n) is 2.58. The van der Waals surface area contributed by atoms with Gasteiger partial charge >= 0.3 is 0 Å². The molecule has 112 valence electrons. The van der Waals surface area contributed by atoms with Crippen molar-refractivity contribution in [2.24, 2.45) is 5.73 Å². The maximum absolute atomic E-state index is 10.7. The molecule has 0 fully saturated rings. The molecular weight excluding hydrogens is 272 g/mol. The Morgan fingerprint density at radius 3 is 2.67 bits per heavy atom.